The lowest BCUT2D eigenvalue weighted by atomic mass is 9.46. The van der Waals surface area contributed by atoms with Crippen LogP contribution in [-0.2, 0) is 38.1 Å². The van der Waals surface area contributed by atoms with Crippen molar-refractivity contribution in [2.24, 2.45) is 28.6 Å². The SMILES string of the molecule is CCCCC(=O)OC(=O)O[C@]1(C(=O)COC(=O)OC)CC[C@H]2[C@@H]3CCC4=CC(=O)CC[C@]4(C)[C@H]3C(=O)C[C@@]21C. The molecule has 4 aliphatic carbocycles. The molecule has 4 aliphatic rings. The van der Waals surface area contributed by atoms with Gasteiger partial charge in [0, 0.05) is 30.6 Å². The van der Waals surface area contributed by atoms with Gasteiger partial charge in [-0.3, -0.25) is 19.2 Å². The maximum atomic E-state index is 14.0. The molecule has 0 aromatic heterocycles. The van der Waals surface area contributed by atoms with Gasteiger partial charge in [-0.1, -0.05) is 32.8 Å². The van der Waals surface area contributed by atoms with Crippen LogP contribution < -0.4 is 0 Å². The predicted molar refractivity (Wildman–Crippen MR) is 135 cm³/mol. The lowest BCUT2D eigenvalue weighted by Crippen LogP contribution is -2.62. The quantitative estimate of drug-likeness (QED) is 0.327. The molecular weight excluding hydrogens is 508 g/mol. The summed E-state index contributed by atoms with van der Waals surface area (Å²) in [5, 5.41) is 0. The Balaban J connectivity index is 1.66. The van der Waals surface area contributed by atoms with E-state index in [-0.39, 0.29) is 48.6 Å². The number of hydrogen-bond donors (Lipinski definition) is 0. The number of Topliss-reactive ketones (excluding diaryl/α,β-unsaturated/α-hetero) is 2. The first-order valence-electron chi connectivity index (χ1n) is 13.9. The van der Waals surface area contributed by atoms with E-state index < -0.39 is 47.1 Å². The molecule has 10 heteroatoms. The number of allylic oxidation sites excluding steroid dienone is 1. The number of ether oxygens (including phenoxy) is 4. The number of methoxy groups -OCH3 is 1. The molecule has 10 nitrogen and oxygen atoms in total. The van der Waals surface area contributed by atoms with Crippen molar-refractivity contribution in [2.75, 3.05) is 13.7 Å². The second-order valence-electron chi connectivity index (χ2n) is 11.9. The number of unbranched alkanes of at least 4 members (excludes halogenated alkanes) is 1. The van der Waals surface area contributed by atoms with E-state index >= 15 is 0 Å². The lowest BCUT2D eigenvalue weighted by molar-refractivity contribution is -0.177. The summed E-state index contributed by atoms with van der Waals surface area (Å²) in [7, 11) is 1.11. The summed E-state index contributed by atoms with van der Waals surface area (Å²) in [4.78, 5) is 76.5. The average Bonchev–Trinajstić information content (AvgIpc) is 3.17. The first-order chi connectivity index (χ1) is 18.4. The van der Waals surface area contributed by atoms with Crippen LogP contribution in [0.15, 0.2) is 11.6 Å². The fourth-order valence-corrected chi connectivity index (χ4v) is 7.98. The van der Waals surface area contributed by atoms with Gasteiger partial charge in [-0.15, -0.1) is 0 Å². The highest BCUT2D eigenvalue weighted by atomic mass is 16.8. The lowest BCUT2D eigenvalue weighted by Gasteiger charge is -2.57. The van der Waals surface area contributed by atoms with Gasteiger partial charge in [0.05, 0.1) is 7.11 Å². The molecule has 0 spiro atoms. The summed E-state index contributed by atoms with van der Waals surface area (Å²) in [6, 6.07) is 0. The Morgan fingerprint density at radius 3 is 2.46 bits per heavy atom. The maximum absolute atomic E-state index is 14.0. The second kappa shape index (κ2) is 10.8. The molecule has 0 bridgehead atoms. The van der Waals surface area contributed by atoms with E-state index in [1.165, 1.54) is 0 Å². The van der Waals surface area contributed by atoms with Crippen molar-refractivity contribution >= 4 is 35.6 Å². The molecule has 0 N–H and O–H groups in total. The molecule has 0 aliphatic heterocycles. The molecule has 0 heterocycles. The minimum atomic E-state index is -1.83. The minimum Gasteiger partial charge on any atom is -0.438 e. The molecule has 4 rings (SSSR count). The molecule has 214 valence electrons. The monoisotopic (exact) mass is 546 g/mol. The van der Waals surface area contributed by atoms with Crippen molar-refractivity contribution in [2.45, 2.75) is 90.6 Å². The van der Waals surface area contributed by atoms with Crippen LogP contribution in [0.1, 0.15) is 85.0 Å². The number of carbonyl (C=O) groups excluding carboxylic acids is 6. The van der Waals surface area contributed by atoms with Crippen molar-refractivity contribution in [3.8, 4) is 0 Å². The van der Waals surface area contributed by atoms with E-state index in [0.717, 1.165) is 19.1 Å². The molecule has 0 saturated heterocycles. The molecule has 0 amide bonds. The fourth-order valence-electron chi connectivity index (χ4n) is 7.98. The Morgan fingerprint density at radius 1 is 1.03 bits per heavy atom. The molecular formula is C29H38O10. The van der Waals surface area contributed by atoms with E-state index in [2.05, 4.69) is 11.7 Å². The van der Waals surface area contributed by atoms with E-state index in [0.29, 0.717) is 38.5 Å². The van der Waals surface area contributed by atoms with Gasteiger partial charge in [-0.2, -0.15) is 0 Å². The van der Waals surface area contributed by atoms with Crippen molar-refractivity contribution in [1.29, 1.82) is 0 Å². The molecule has 0 aromatic rings. The number of fused-ring (bicyclic) bond motifs is 5. The summed E-state index contributed by atoms with van der Waals surface area (Å²) < 4.78 is 20.0. The molecule has 39 heavy (non-hydrogen) atoms. The van der Waals surface area contributed by atoms with Gasteiger partial charge in [0.25, 0.3) is 0 Å². The molecule has 0 radical (unpaired) electrons. The van der Waals surface area contributed by atoms with Crippen molar-refractivity contribution < 1.29 is 47.7 Å². The Hall–Kier alpha value is -3.04. The van der Waals surface area contributed by atoms with Gasteiger partial charge in [0.15, 0.2) is 18.0 Å². The van der Waals surface area contributed by atoms with Crippen LogP contribution >= 0.6 is 0 Å². The van der Waals surface area contributed by atoms with E-state index in [1.807, 2.05) is 6.92 Å². The maximum Gasteiger partial charge on any atom is 0.517 e. The third-order valence-corrected chi connectivity index (χ3v) is 9.90. The Morgan fingerprint density at radius 2 is 1.77 bits per heavy atom. The van der Waals surface area contributed by atoms with Gasteiger partial charge < -0.3 is 18.9 Å². The third kappa shape index (κ3) is 4.91. The number of carbonyl (C=O) groups is 6. The van der Waals surface area contributed by atoms with E-state index in [4.69, 9.17) is 14.2 Å². The summed E-state index contributed by atoms with van der Waals surface area (Å²) >= 11 is 0. The molecule has 0 aromatic carbocycles. The van der Waals surface area contributed by atoms with Gasteiger partial charge in [0.1, 0.15) is 5.78 Å². The van der Waals surface area contributed by atoms with Gasteiger partial charge in [-0.05, 0) is 61.9 Å². The zero-order valence-electron chi connectivity index (χ0n) is 23.2. The summed E-state index contributed by atoms with van der Waals surface area (Å²) in [5.74, 6) is -1.93. The van der Waals surface area contributed by atoms with Crippen LogP contribution in [-0.4, -0.2) is 54.9 Å². The molecule has 0 unspecified atom stereocenters. The normalized spacial score (nSPS) is 35.1. The largest absolute Gasteiger partial charge is 0.517 e. The highest BCUT2D eigenvalue weighted by Gasteiger charge is 2.71. The molecule has 6 atom stereocenters. The molecule has 3 saturated carbocycles. The van der Waals surface area contributed by atoms with Crippen molar-refractivity contribution in [1.82, 2.24) is 0 Å². The topological polar surface area (TPSA) is 139 Å². The van der Waals surface area contributed by atoms with Crippen molar-refractivity contribution in [3.63, 3.8) is 0 Å². The third-order valence-electron chi connectivity index (χ3n) is 9.90. The first kappa shape index (κ1) is 29.0. The van der Waals surface area contributed by atoms with Crippen LogP contribution in [0, 0.1) is 28.6 Å². The first-order valence-corrected chi connectivity index (χ1v) is 13.9. The molecule has 3 fully saturated rings. The Bertz CT molecular complexity index is 1110. The summed E-state index contributed by atoms with van der Waals surface area (Å²) in [6.45, 7) is 5.01. The number of esters is 1. The zero-order chi connectivity index (χ0) is 28.6. The highest BCUT2D eigenvalue weighted by Crippen LogP contribution is 2.67. The smallest absolute Gasteiger partial charge is 0.438 e. The summed E-state index contributed by atoms with van der Waals surface area (Å²) in [6.07, 6.45) is 3.55. The number of ketones is 3. The minimum absolute atomic E-state index is 0.0249. The average molecular weight is 547 g/mol. The van der Waals surface area contributed by atoms with Crippen LogP contribution in [0.25, 0.3) is 0 Å². The number of hydrogen-bond acceptors (Lipinski definition) is 10. The standard InChI is InChI=1S/C29H38O10/c1-5-6-7-23(33)38-26(35)39-29(22(32)16-37-25(34)36-4)13-11-20-19-9-8-17-14-18(30)10-12-27(17,2)24(19)21(31)15-28(20,29)3/h14,19-20,24H,5-13,15-16H2,1-4H3/t19-,20-,24+,27-,28-,29-/m0/s1. The van der Waals surface area contributed by atoms with Crippen LogP contribution in [0.3, 0.4) is 0 Å². The van der Waals surface area contributed by atoms with Crippen LogP contribution in [0.4, 0.5) is 9.59 Å². The van der Waals surface area contributed by atoms with Crippen LogP contribution in [0.5, 0.6) is 0 Å². The van der Waals surface area contributed by atoms with E-state index in [9.17, 15) is 28.8 Å². The van der Waals surface area contributed by atoms with Crippen LogP contribution in [0.2, 0.25) is 0 Å². The van der Waals surface area contributed by atoms with Gasteiger partial charge in [0.2, 0.25) is 5.78 Å². The Labute approximate surface area is 228 Å². The van der Waals surface area contributed by atoms with E-state index in [1.54, 1.807) is 13.0 Å². The zero-order valence-corrected chi connectivity index (χ0v) is 23.2. The predicted octanol–water partition coefficient (Wildman–Crippen LogP) is 4.66. The summed E-state index contributed by atoms with van der Waals surface area (Å²) in [5.41, 5.74) is -2.33. The highest BCUT2D eigenvalue weighted by molar-refractivity contribution is 5.96. The Kier molecular flexibility index (Phi) is 8.06. The second-order valence-corrected chi connectivity index (χ2v) is 11.9. The van der Waals surface area contributed by atoms with Crippen molar-refractivity contribution in [3.05, 3.63) is 11.6 Å². The van der Waals surface area contributed by atoms with Gasteiger partial charge in [-0.25, -0.2) is 9.59 Å². The van der Waals surface area contributed by atoms with Gasteiger partial charge >= 0.3 is 18.3 Å². The fraction of sp³-hybridized carbons (Fsp3) is 0.724. The number of rotatable bonds is 7.